The molecule has 1 heterocycles. The molecule has 0 unspecified atom stereocenters. The number of hydrogen-bond acceptors (Lipinski definition) is 4. The van der Waals surface area contributed by atoms with Gasteiger partial charge in [0, 0.05) is 17.8 Å². The minimum Gasteiger partial charge on any atom is -0.336 e. The van der Waals surface area contributed by atoms with Gasteiger partial charge >= 0.3 is 6.03 Å². The lowest BCUT2D eigenvalue weighted by molar-refractivity contribution is 0.101. The van der Waals surface area contributed by atoms with Crippen molar-refractivity contribution in [2.45, 2.75) is 48.6 Å². The van der Waals surface area contributed by atoms with E-state index in [4.69, 9.17) is 0 Å². The van der Waals surface area contributed by atoms with Crippen molar-refractivity contribution in [1.82, 2.24) is 10.2 Å². The van der Waals surface area contributed by atoms with Gasteiger partial charge in [0.15, 0.2) is 0 Å². The monoisotopic (exact) mass is 393 g/mol. The number of rotatable bonds is 5. The number of nitrogens with one attached hydrogen (secondary N) is 2. The van der Waals surface area contributed by atoms with Gasteiger partial charge in [0.1, 0.15) is 0 Å². The van der Waals surface area contributed by atoms with Gasteiger partial charge in [-0.05, 0) is 62.6 Å². The number of amides is 2. The average Bonchev–Trinajstić information content (AvgIpc) is 2.68. The molecule has 4 nitrogen and oxygen atoms in total. The molecule has 2 fully saturated rings. The van der Waals surface area contributed by atoms with Crippen molar-refractivity contribution >= 4 is 35.2 Å². The van der Waals surface area contributed by atoms with Crippen LogP contribution >= 0.6 is 23.5 Å². The molecule has 6 heteroatoms. The number of hydrogen-bond donors (Lipinski definition) is 2. The molecule has 2 aliphatic rings. The molecule has 1 aromatic rings. The molecule has 0 spiro atoms. The van der Waals surface area contributed by atoms with E-state index in [9.17, 15) is 4.79 Å². The van der Waals surface area contributed by atoms with Crippen LogP contribution in [0.3, 0.4) is 0 Å². The normalized spacial score (nSPS) is 20.7. The van der Waals surface area contributed by atoms with E-state index in [0.29, 0.717) is 11.1 Å². The molecule has 0 bridgehead atoms. The number of anilines is 1. The second-order valence-corrected chi connectivity index (χ2v) is 10.3. The maximum atomic E-state index is 12.5. The second kappa shape index (κ2) is 9.38. The molecule has 1 aliphatic carbocycles. The molecule has 3 rings (SSSR count). The Kier molecular flexibility index (Phi) is 7.18. The fourth-order valence-electron chi connectivity index (χ4n) is 3.86. The molecule has 0 radical (unpaired) electrons. The second-order valence-electron chi connectivity index (χ2n) is 7.54. The van der Waals surface area contributed by atoms with Crippen LogP contribution in [0.25, 0.3) is 0 Å². The average molecular weight is 394 g/mol. The van der Waals surface area contributed by atoms with Crippen LogP contribution in [0.4, 0.5) is 10.5 Å². The zero-order valence-corrected chi connectivity index (χ0v) is 17.6. The van der Waals surface area contributed by atoms with Crippen LogP contribution in [0.2, 0.25) is 0 Å². The first-order chi connectivity index (χ1) is 12.6. The Labute approximate surface area is 166 Å². The lowest BCUT2D eigenvalue weighted by Crippen LogP contribution is -2.54. The SMILES string of the molecule is CN(C)C1(CNC(=O)Nc2cccc(C3SCCCS3)c2)CCCCC1. The number of benzene rings is 1. The molecule has 144 valence electrons. The van der Waals surface area contributed by atoms with Crippen LogP contribution < -0.4 is 10.6 Å². The zero-order chi connectivity index (χ0) is 18.4. The van der Waals surface area contributed by atoms with Gasteiger partial charge in [-0.1, -0.05) is 31.4 Å². The first-order valence-electron chi connectivity index (χ1n) is 9.65. The molecular weight excluding hydrogens is 362 g/mol. The van der Waals surface area contributed by atoms with E-state index in [1.165, 1.54) is 42.8 Å². The van der Waals surface area contributed by atoms with Crippen molar-refractivity contribution in [2.75, 3.05) is 37.5 Å². The van der Waals surface area contributed by atoms with Crippen molar-refractivity contribution in [3.05, 3.63) is 29.8 Å². The van der Waals surface area contributed by atoms with E-state index >= 15 is 0 Å². The summed E-state index contributed by atoms with van der Waals surface area (Å²) in [5.74, 6) is 2.45. The highest BCUT2D eigenvalue weighted by molar-refractivity contribution is 8.16. The molecule has 1 aromatic carbocycles. The fraction of sp³-hybridized carbons (Fsp3) is 0.650. The maximum absolute atomic E-state index is 12.5. The molecule has 1 aliphatic heterocycles. The molecule has 26 heavy (non-hydrogen) atoms. The van der Waals surface area contributed by atoms with Crippen LogP contribution in [0, 0.1) is 0 Å². The standard InChI is InChI=1S/C20H31N3OS2/c1-23(2)20(10-4-3-5-11-20)15-21-19(24)22-17-9-6-8-16(14-17)18-25-12-7-13-26-18/h6,8-9,14,18H,3-5,7,10-13,15H2,1-2H3,(H2,21,22,24). The van der Waals surface area contributed by atoms with Crippen LogP contribution in [0.15, 0.2) is 24.3 Å². The van der Waals surface area contributed by atoms with Gasteiger partial charge in [-0.25, -0.2) is 4.79 Å². The van der Waals surface area contributed by atoms with Gasteiger partial charge in [-0.3, -0.25) is 0 Å². The Hall–Kier alpha value is -0.850. The van der Waals surface area contributed by atoms with E-state index < -0.39 is 0 Å². The van der Waals surface area contributed by atoms with Crippen LogP contribution in [-0.4, -0.2) is 48.6 Å². The fourth-order valence-corrected chi connectivity index (χ4v) is 6.73. The van der Waals surface area contributed by atoms with E-state index in [1.54, 1.807) is 0 Å². The van der Waals surface area contributed by atoms with Gasteiger partial charge in [-0.2, -0.15) is 0 Å². The summed E-state index contributed by atoms with van der Waals surface area (Å²) < 4.78 is 0.493. The van der Waals surface area contributed by atoms with E-state index in [-0.39, 0.29) is 11.6 Å². The Bertz CT molecular complexity index is 596. The molecular formula is C20H31N3OS2. The number of carbonyl (C=O) groups is 1. The largest absolute Gasteiger partial charge is 0.336 e. The van der Waals surface area contributed by atoms with Gasteiger partial charge in [0.25, 0.3) is 0 Å². The van der Waals surface area contributed by atoms with Crippen LogP contribution in [0.1, 0.15) is 48.7 Å². The van der Waals surface area contributed by atoms with Crippen molar-refractivity contribution < 1.29 is 4.79 Å². The Morgan fingerprint density at radius 2 is 1.88 bits per heavy atom. The quantitative estimate of drug-likeness (QED) is 0.743. The predicted octanol–water partition coefficient (Wildman–Crippen LogP) is 4.94. The number of likely N-dealkylation sites (N-methyl/N-ethyl adjacent to an activating group) is 1. The molecule has 2 amide bonds. The maximum Gasteiger partial charge on any atom is 0.319 e. The van der Waals surface area contributed by atoms with Crippen LogP contribution in [-0.2, 0) is 0 Å². The third-order valence-corrected chi connectivity index (χ3v) is 8.57. The van der Waals surface area contributed by atoms with Crippen molar-refractivity contribution in [2.24, 2.45) is 0 Å². The number of nitrogens with zero attached hydrogens (tertiary/aromatic N) is 1. The lowest BCUT2D eigenvalue weighted by atomic mass is 9.80. The highest BCUT2D eigenvalue weighted by Gasteiger charge is 2.34. The summed E-state index contributed by atoms with van der Waals surface area (Å²) >= 11 is 4.01. The summed E-state index contributed by atoms with van der Waals surface area (Å²) in [6, 6.07) is 8.21. The first-order valence-corrected chi connectivity index (χ1v) is 11.7. The first kappa shape index (κ1) is 19.9. The van der Waals surface area contributed by atoms with E-state index in [1.807, 2.05) is 35.7 Å². The Balaban J connectivity index is 1.56. The molecule has 1 saturated carbocycles. The van der Waals surface area contributed by atoms with E-state index in [0.717, 1.165) is 18.5 Å². The van der Waals surface area contributed by atoms with Gasteiger partial charge in [-0.15, -0.1) is 23.5 Å². The Morgan fingerprint density at radius 3 is 2.58 bits per heavy atom. The minimum absolute atomic E-state index is 0.0992. The molecule has 1 saturated heterocycles. The molecule has 0 aromatic heterocycles. The van der Waals surface area contributed by atoms with E-state index in [2.05, 4.69) is 41.8 Å². The summed E-state index contributed by atoms with van der Waals surface area (Å²) in [6.45, 7) is 0.708. The van der Waals surface area contributed by atoms with Crippen molar-refractivity contribution in [3.63, 3.8) is 0 Å². The summed E-state index contributed by atoms with van der Waals surface area (Å²) in [4.78, 5) is 14.8. The zero-order valence-electron chi connectivity index (χ0n) is 15.9. The number of urea groups is 1. The number of carbonyl (C=O) groups excluding carboxylic acids is 1. The van der Waals surface area contributed by atoms with Gasteiger partial charge in [0.2, 0.25) is 0 Å². The lowest BCUT2D eigenvalue weighted by Gasteiger charge is -2.43. The summed E-state index contributed by atoms with van der Waals surface area (Å²) in [5, 5.41) is 6.15. The van der Waals surface area contributed by atoms with Crippen LogP contribution in [0.5, 0.6) is 0 Å². The minimum atomic E-state index is -0.0992. The third-order valence-electron chi connectivity index (χ3n) is 5.55. The number of thioether (sulfide) groups is 2. The topological polar surface area (TPSA) is 44.4 Å². The molecule has 2 N–H and O–H groups in total. The Morgan fingerprint density at radius 1 is 1.15 bits per heavy atom. The predicted molar refractivity (Wildman–Crippen MR) is 115 cm³/mol. The van der Waals surface area contributed by atoms with Gasteiger partial charge in [0.05, 0.1) is 4.58 Å². The molecule has 0 atom stereocenters. The smallest absolute Gasteiger partial charge is 0.319 e. The summed E-state index contributed by atoms with van der Waals surface area (Å²) in [5.41, 5.74) is 2.29. The highest BCUT2D eigenvalue weighted by atomic mass is 32.2. The third kappa shape index (κ3) is 5.11. The van der Waals surface area contributed by atoms with Gasteiger partial charge < -0.3 is 15.5 Å². The van der Waals surface area contributed by atoms with Crippen molar-refractivity contribution in [1.29, 1.82) is 0 Å². The highest BCUT2D eigenvalue weighted by Crippen LogP contribution is 2.44. The van der Waals surface area contributed by atoms with Crippen molar-refractivity contribution in [3.8, 4) is 0 Å². The summed E-state index contributed by atoms with van der Waals surface area (Å²) in [7, 11) is 4.27. The summed E-state index contributed by atoms with van der Waals surface area (Å²) in [6.07, 6.45) is 7.42.